The van der Waals surface area contributed by atoms with Gasteiger partial charge in [0.25, 0.3) is 0 Å². The van der Waals surface area contributed by atoms with E-state index in [9.17, 15) is 19.2 Å². The molecule has 2 atom stereocenters. The number of carbonyl (C=O) groups excluding carboxylic acids is 2. The molecule has 6 heteroatoms. The molecule has 2 N–H and O–H groups in total. The largest absolute Gasteiger partial charge is 0.481 e. The van der Waals surface area contributed by atoms with Crippen LogP contribution >= 0.6 is 0 Å². The van der Waals surface area contributed by atoms with Crippen molar-refractivity contribution in [2.75, 3.05) is 0 Å². The third-order valence-electron chi connectivity index (χ3n) is 4.31. The van der Waals surface area contributed by atoms with Gasteiger partial charge < -0.3 is 10.2 Å². The number of aliphatic carboxylic acids is 2. The van der Waals surface area contributed by atoms with Crippen LogP contribution in [-0.2, 0) is 19.2 Å². The molecule has 0 radical (unpaired) electrons. The van der Waals surface area contributed by atoms with Crippen LogP contribution in [-0.4, -0.2) is 33.7 Å². The van der Waals surface area contributed by atoms with E-state index >= 15 is 0 Å². The summed E-state index contributed by atoms with van der Waals surface area (Å²) in [6.45, 7) is 2.64. The van der Waals surface area contributed by atoms with E-state index in [2.05, 4.69) is 0 Å². The second kappa shape index (κ2) is 12.7. The molecule has 0 spiro atoms. The van der Waals surface area contributed by atoms with Crippen molar-refractivity contribution in [2.45, 2.75) is 78.1 Å². The van der Waals surface area contributed by atoms with Crippen molar-refractivity contribution in [1.82, 2.24) is 0 Å². The van der Waals surface area contributed by atoms with Crippen LogP contribution in [0.15, 0.2) is 0 Å². The average Bonchev–Trinajstić information content (AvgIpc) is 2.46. The smallest absolute Gasteiger partial charge is 0.314 e. The van der Waals surface area contributed by atoms with Gasteiger partial charge in [-0.15, -0.1) is 0 Å². The zero-order chi connectivity index (χ0) is 18.5. The summed E-state index contributed by atoms with van der Waals surface area (Å²) in [5.74, 6) is -4.37. The van der Waals surface area contributed by atoms with E-state index in [1.165, 1.54) is 13.8 Å². The Morgan fingerprint density at radius 2 is 0.833 bits per heavy atom. The first-order valence-corrected chi connectivity index (χ1v) is 8.73. The van der Waals surface area contributed by atoms with Gasteiger partial charge in [0.2, 0.25) is 0 Å². The summed E-state index contributed by atoms with van der Waals surface area (Å²) >= 11 is 0. The maximum Gasteiger partial charge on any atom is 0.314 e. The van der Waals surface area contributed by atoms with Crippen LogP contribution in [0.2, 0.25) is 0 Å². The summed E-state index contributed by atoms with van der Waals surface area (Å²) in [4.78, 5) is 44.0. The number of unbranched alkanes of at least 4 members (excludes halogenated alkanes) is 7. The summed E-state index contributed by atoms with van der Waals surface area (Å²) in [5.41, 5.74) is 0. The van der Waals surface area contributed by atoms with Gasteiger partial charge in [-0.3, -0.25) is 19.2 Å². The van der Waals surface area contributed by atoms with Gasteiger partial charge >= 0.3 is 11.9 Å². The van der Waals surface area contributed by atoms with Crippen molar-refractivity contribution >= 4 is 23.5 Å². The fourth-order valence-electron chi connectivity index (χ4n) is 2.76. The second-order valence-electron chi connectivity index (χ2n) is 6.41. The quantitative estimate of drug-likeness (QED) is 0.348. The van der Waals surface area contributed by atoms with Crippen LogP contribution in [0.25, 0.3) is 0 Å². The number of hydrogen-bond donors (Lipinski definition) is 2. The Morgan fingerprint density at radius 1 is 0.583 bits per heavy atom. The third kappa shape index (κ3) is 10.1. The lowest BCUT2D eigenvalue weighted by Gasteiger charge is -2.09. The fraction of sp³-hybridized carbons (Fsp3) is 0.778. The van der Waals surface area contributed by atoms with E-state index in [0.717, 1.165) is 51.4 Å². The summed E-state index contributed by atoms with van der Waals surface area (Å²) in [6, 6.07) is 0. The van der Waals surface area contributed by atoms with E-state index in [1.807, 2.05) is 0 Å². The first kappa shape index (κ1) is 22.3. The number of Topliss-reactive ketones (excluding diaryl/α,β-unsaturated/α-hetero) is 2. The standard InChI is InChI=1S/C18H30O6/c1-13(19)15(17(21)22)11-9-7-5-3-4-6-8-10-12-16(14(2)20)18(23)24/h15-16H,3-12H2,1-2H3,(H,21,22)(H,23,24). The lowest BCUT2D eigenvalue weighted by atomic mass is 9.96. The number of carboxylic acids is 2. The first-order valence-electron chi connectivity index (χ1n) is 8.73. The molecule has 0 bridgehead atoms. The predicted molar refractivity (Wildman–Crippen MR) is 89.8 cm³/mol. The molecule has 0 rings (SSSR count). The third-order valence-corrected chi connectivity index (χ3v) is 4.31. The van der Waals surface area contributed by atoms with Gasteiger partial charge in [-0.1, -0.05) is 51.4 Å². The van der Waals surface area contributed by atoms with Crippen LogP contribution in [0.5, 0.6) is 0 Å². The highest BCUT2D eigenvalue weighted by atomic mass is 16.4. The zero-order valence-corrected chi connectivity index (χ0v) is 14.8. The van der Waals surface area contributed by atoms with Crippen molar-refractivity contribution < 1.29 is 29.4 Å². The number of carboxylic acid groups (broad SMARTS) is 2. The molecule has 0 saturated heterocycles. The molecule has 0 saturated carbocycles. The van der Waals surface area contributed by atoms with Gasteiger partial charge in [-0.05, 0) is 26.7 Å². The van der Waals surface area contributed by atoms with E-state index in [1.54, 1.807) is 0 Å². The minimum Gasteiger partial charge on any atom is -0.481 e. The molecule has 0 aromatic rings. The predicted octanol–water partition coefficient (Wildman–Crippen LogP) is 3.47. The average molecular weight is 342 g/mol. The maximum absolute atomic E-state index is 11.1. The molecule has 6 nitrogen and oxygen atoms in total. The molecule has 0 aliphatic heterocycles. The number of hydrogen-bond acceptors (Lipinski definition) is 4. The van der Waals surface area contributed by atoms with Crippen molar-refractivity contribution in [3.63, 3.8) is 0 Å². The van der Waals surface area contributed by atoms with Gasteiger partial charge in [-0.2, -0.15) is 0 Å². The molecule has 0 aliphatic rings. The lowest BCUT2D eigenvalue weighted by molar-refractivity contribution is -0.147. The van der Waals surface area contributed by atoms with Crippen LogP contribution in [0, 0.1) is 11.8 Å². The monoisotopic (exact) mass is 342 g/mol. The first-order chi connectivity index (χ1) is 11.3. The van der Waals surface area contributed by atoms with Gasteiger partial charge in [0.15, 0.2) is 0 Å². The maximum atomic E-state index is 11.1. The minimum atomic E-state index is -1.03. The van der Waals surface area contributed by atoms with Crippen LogP contribution in [0.1, 0.15) is 78.1 Å². The highest BCUT2D eigenvalue weighted by Gasteiger charge is 2.22. The lowest BCUT2D eigenvalue weighted by Crippen LogP contribution is -2.21. The van der Waals surface area contributed by atoms with Crippen molar-refractivity contribution in [3.8, 4) is 0 Å². The van der Waals surface area contributed by atoms with Crippen LogP contribution in [0.4, 0.5) is 0 Å². The summed E-state index contributed by atoms with van der Waals surface area (Å²) < 4.78 is 0. The molecule has 0 amide bonds. The Hall–Kier alpha value is -1.72. The second-order valence-corrected chi connectivity index (χ2v) is 6.41. The zero-order valence-electron chi connectivity index (χ0n) is 14.8. The van der Waals surface area contributed by atoms with Crippen molar-refractivity contribution in [3.05, 3.63) is 0 Å². The molecule has 0 fully saturated rings. The Kier molecular flexibility index (Phi) is 11.8. The summed E-state index contributed by atoms with van der Waals surface area (Å²) in [6.07, 6.45) is 8.26. The summed E-state index contributed by atoms with van der Waals surface area (Å²) in [5, 5.41) is 17.8. The molecule has 0 aromatic carbocycles. The Bertz CT molecular complexity index is 361. The topological polar surface area (TPSA) is 109 Å². The van der Waals surface area contributed by atoms with Gasteiger partial charge in [-0.25, -0.2) is 0 Å². The molecule has 0 aliphatic carbocycles. The molecule has 0 heterocycles. The van der Waals surface area contributed by atoms with E-state index in [0.29, 0.717) is 12.8 Å². The highest BCUT2D eigenvalue weighted by molar-refractivity contribution is 5.97. The Morgan fingerprint density at radius 3 is 1.04 bits per heavy atom. The normalized spacial score (nSPS) is 13.2. The molecular weight excluding hydrogens is 312 g/mol. The van der Waals surface area contributed by atoms with Crippen molar-refractivity contribution in [1.29, 1.82) is 0 Å². The van der Waals surface area contributed by atoms with Gasteiger partial charge in [0.05, 0.1) is 0 Å². The Balaban J connectivity index is 3.58. The van der Waals surface area contributed by atoms with E-state index in [-0.39, 0.29) is 11.6 Å². The van der Waals surface area contributed by atoms with E-state index in [4.69, 9.17) is 10.2 Å². The molecule has 2 unspecified atom stereocenters. The number of ketones is 2. The van der Waals surface area contributed by atoms with Crippen LogP contribution < -0.4 is 0 Å². The van der Waals surface area contributed by atoms with Gasteiger partial charge in [0.1, 0.15) is 23.4 Å². The highest BCUT2D eigenvalue weighted by Crippen LogP contribution is 2.16. The van der Waals surface area contributed by atoms with E-state index < -0.39 is 23.8 Å². The summed E-state index contributed by atoms with van der Waals surface area (Å²) in [7, 11) is 0. The van der Waals surface area contributed by atoms with Gasteiger partial charge in [0, 0.05) is 0 Å². The minimum absolute atomic E-state index is 0.285. The Labute approximate surface area is 143 Å². The van der Waals surface area contributed by atoms with Crippen LogP contribution in [0.3, 0.4) is 0 Å². The molecule has 138 valence electrons. The fourth-order valence-corrected chi connectivity index (χ4v) is 2.76. The number of carbonyl (C=O) groups is 4. The van der Waals surface area contributed by atoms with Crippen molar-refractivity contribution in [2.24, 2.45) is 11.8 Å². The molecule has 0 aromatic heterocycles. The molecule has 24 heavy (non-hydrogen) atoms. The molecular formula is C18H30O6. The number of rotatable bonds is 15. The SMILES string of the molecule is CC(=O)C(CCCCCCCCCCC(C(C)=O)C(=O)O)C(=O)O.